The number of aromatic nitrogens is 2. The molecule has 21 heavy (non-hydrogen) atoms. The molecule has 3 nitrogen and oxygen atoms in total. The van der Waals surface area contributed by atoms with Crippen molar-refractivity contribution in [1.29, 1.82) is 0 Å². The molecule has 0 spiro atoms. The van der Waals surface area contributed by atoms with Crippen molar-refractivity contribution >= 4 is 8.07 Å². The van der Waals surface area contributed by atoms with Crippen LogP contribution in [-0.2, 0) is 6.61 Å². The van der Waals surface area contributed by atoms with Crippen LogP contribution in [0, 0.1) is 18.4 Å². The summed E-state index contributed by atoms with van der Waals surface area (Å²) in [7, 11) is -1.74. The molecule has 1 heterocycles. The lowest BCUT2D eigenvalue weighted by Gasteiger charge is -2.38. The van der Waals surface area contributed by atoms with Crippen LogP contribution < -0.4 is 0 Å². The van der Waals surface area contributed by atoms with Crippen LogP contribution in [0.15, 0.2) is 6.07 Å². The third-order valence-electron chi connectivity index (χ3n) is 4.32. The van der Waals surface area contributed by atoms with Gasteiger partial charge in [0.1, 0.15) is 20.4 Å². The molecule has 0 unspecified atom stereocenters. The van der Waals surface area contributed by atoms with Crippen molar-refractivity contribution in [3.8, 4) is 11.5 Å². The molecule has 1 rings (SSSR count). The van der Waals surface area contributed by atoms with Crippen LogP contribution in [0.3, 0.4) is 0 Å². The van der Waals surface area contributed by atoms with Crippen LogP contribution in [0.25, 0.3) is 0 Å². The maximum atomic E-state index is 9.21. The molecule has 0 bridgehead atoms. The van der Waals surface area contributed by atoms with Gasteiger partial charge in [-0.05, 0) is 29.6 Å². The summed E-state index contributed by atoms with van der Waals surface area (Å²) < 4.78 is 0. The van der Waals surface area contributed by atoms with E-state index in [1.165, 1.54) is 0 Å². The molecule has 0 saturated carbocycles. The molecule has 0 atom stereocenters. The molecule has 1 aromatic heterocycles. The van der Waals surface area contributed by atoms with Crippen molar-refractivity contribution in [3.63, 3.8) is 0 Å². The minimum Gasteiger partial charge on any atom is -0.388 e. The summed E-state index contributed by atoms with van der Waals surface area (Å²) in [6.45, 7) is 15.5. The molecule has 0 saturated heterocycles. The Morgan fingerprint density at radius 2 is 1.57 bits per heavy atom. The number of aliphatic hydroxyl groups is 1. The lowest BCUT2D eigenvalue weighted by Crippen LogP contribution is -2.43. The SMILES string of the molecule is Cc1cc(C#C[Si](C(C)C)(C(C)C)C(C)C)nc(CO)n1. The zero-order chi connectivity index (χ0) is 16.2. The van der Waals surface area contributed by atoms with E-state index in [1.807, 2.05) is 13.0 Å². The number of nitrogens with zero attached hydrogens (tertiary/aromatic N) is 2. The van der Waals surface area contributed by atoms with Crippen LogP contribution in [0.5, 0.6) is 0 Å². The van der Waals surface area contributed by atoms with Crippen LogP contribution in [0.1, 0.15) is 58.8 Å². The van der Waals surface area contributed by atoms with Gasteiger partial charge in [-0.2, -0.15) is 0 Å². The highest BCUT2D eigenvalue weighted by atomic mass is 28.3. The van der Waals surface area contributed by atoms with Gasteiger partial charge in [0.2, 0.25) is 0 Å². The van der Waals surface area contributed by atoms with E-state index in [2.05, 4.69) is 63.0 Å². The highest BCUT2D eigenvalue weighted by Gasteiger charge is 2.41. The van der Waals surface area contributed by atoms with E-state index in [0.717, 1.165) is 11.4 Å². The second-order valence-electron chi connectivity index (χ2n) is 6.62. The molecule has 0 amide bonds. The molecular weight excluding hydrogens is 276 g/mol. The maximum Gasteiger partial charge on any atom is 0.155 e. The van der Waals surface area contributed by atoms with Gasteiger partial charge in [0.25, 0.3) is 0 Å². The fourth-order valence-corrected chi connectivity index (χ4v) is 8.58. The first-order chi connectivity index (χ1) is 9.73. The molecule has 0 aliphatic rings. The Hall–Kier alpha value is -1.18. The normalized spacial score (nSPS) is 12.0. The molecule has 4 heteroatoms. The van der Waals surface area contributed by atoms with Gasteiger partial charge in [-0.3, -0.25) is 0 Å². The second kappa shape index (κ2) is 7.19. The van der Waals surface area contributed by atoms with Crippen molar-refractivity contribution in [1.82, 2.24) is 9.97 Å². The Kier molecular flexibility index (Phi) is 6.12. The first kappa shape index (κ1) is 17.9. The van der Waals surface area contributed by atoms with E-state index in [-0.39, 0.29) is 6.61 Å². The fourth-order valence-electron chi connectivity index (χ4n) is 3.37. The molecule has 0 aromatic carbocycles. The van der Waals surface area contributed by atoms with E-state index in [9.17, 15) is 5.11 Å². The van der Waals surface area contributed by atoms with Gasteiger partial charge in [0.05, 0.1) is 0 Å². The summed E-state index contributed by atoms with van der Waals surface area (Å²) >= 11 is 0. The van der Waals surface area contributed by atoms with Crippen LogP contribution >= 0.6 is 0 Å². The Balaban J connectivity index is 3.31. The van der Waals surface area contributed by atoms with Gasteiger partial charge in [-0.25, -0.2) is 9.97 Å². The Bertz CT molecular complexity index is 520. The summed E-state index contributed by atoms with van der Waals surface area (Å²) in [6, 6.07) is 1.90. The molecule has 116 valence electrons. The summed E-state index contributed by atoms with van der Waals surface area (Å²) in [6.07, 6.45) is 0. The standard InChI is InChI=1S/C17H28N2OSi/c1-12(2)21(13(3)4,14(5)6)9-8-16-10-15(7)18-17(11-20)19-16/h10,12-14,20H,11H2,1-7H3. The first-order valence-corrected chi connectivity index (χ1v) is 9.95. The van der Waals surface area contributed by atoms with Crippen molar-refractivity contribution in [3.05, 3.63) is 23.3 Å². The molecule has 0 aliphatic heterocycles. The quantitative estimate of drug-likeness (QED) is 0.679. The summed E-state index contributed by atoms with van der Waals surface area (Å²) in [4.78, 5) is 8.51. The van der Waals surface area contributed by atoms with Crippen LogP contribution in [0.2, 0.25) is 16.6 Å². The van der Waals surface area contributed by atoms with Crippen LogP contribution in [0.4, 0.5) is 0 Å². The smallest absolute Gasteiger partial charge is 0.155 e. The van der Waals surface area contributed by atoms with E-state index >= 15 is 0 Å². The maximum absolute atomic E-state index is 9.21. The third-order valence-corrected chi connectivity index (χ3v) is 10.6. The largest absolute Gasteiger partial charge is 0.388 e. The number of rotatable bonds is 4. The predicted octanol–water partition coefficient (Wildman–Crippen LogP) is 3.85. The van der Waals surface area contributed by atoms with Gasteiger partial charge in [-0.1, -0.05) is 47.5 Å². The Labute approximate surface area is 130 Å². The average Bonchev–Trinajstić information content (AvgIpc) is 2.37. The molecule has 1 N–H and O–H groups in total. The van der Waals surface area contributed by atoms with Crippen LogP contribution in [-0.4, -0.2) is 23.1 Å². The fraction of sp³-hybridized carbons (Fsp3) is 0.647. The Morgan fingerprint density at radius 1 is 1.05 bits per heavy atom. The van der Waals surface area contributed by atoms with Crippen molar-refractivity contribution in [2.24, 2.45) is 0 Å². The molecule has 0 radical (unpaired) electrons. The molecule has 1 aromatic rings. The third kappa shape index (κ3) is 3.93. The number of aliphatic hydroxyl groups excluding tert-OH is 1. The minimum absolute atomic E-state index is 0.141. The molecule has 0 fully saturated rings. The average molecular weight is 305 g/mol. The van der Waals surface area contributed by atoms with Crippen molar-refractivity contribution in [2.75, 3.05) is 0 Å². The van der Waals surface area contributed by atoms with Gasteiger partial charge < -0.3 is 5.11 Å². The van der Waals surface area contributed by atoms with Gasteiger partial charge in [0, 0.05) is 5.69 Å². The lowest BCUT2D eigenvalue weighted by atomic mass is 10.3. The minimum atomic E-state index is -1.74. The van der Waals surface area contributed by atoms with E-state index in [4.69, 9.17) is 0 Å². The van der Waals surface area contributed by atoms with E-state index in [1.54, 1.807) is 0 Å². The summed E-state index contributed by atoms with van der Waals surface area (Å²) in [5.41, 5.74) is 7.03. The predicted molar refractivity (Wildman–Crippen MR) is 90.6 cm³/mol. The van der Waals surface area contributed by atoms with Gasteiger partial charge >= 0.3 is 0 Å². The van der Waals surface area contributed by atoms with Gasteiger partial charge in [0.15, 0.2) is 5.82 Å². The highest BCUT2D eigenvalue weighted by Crippen LogP contribution is 2.40. The number of hydrogen-bond donors (Lipinski definition) is 1. The van der Waals surface area contributed by atoms with Crippen molar-refractivity contribution in [2.45, 2.75) is 71.7 Å². The second-order valence-corrected chi connectivity index (χ2v) is 12.2. The highest BCUT2D eigenvalue weighted by molar-refractivity contribution is 6.90. The molecular formula is C17H28N2OSi. The van der Waals surface area contributed by atoms with Crippen molar-refractivity contribution < 1.29 is 5.11 Å². The molecule has 0 aliphatic carbocycles. The van der Waals surface area contributed by atoms with Gasteiger partial charge in [-0.15, -0.1) is 5.54 Å². The van der Waals surface area contributed by atoms with E-state index < -0.39 is 8.07 Å². The van der Waals surface area contributed by atoms with E-state index in [0.29, 0.717) is 22.4 Å². The summed E-state index contributed by atoms with van der Waals surface area (Å²) in [5, 5.41) is 9.21. The number of aryl methyl sites for hydroxylation is 1. The topological polar surface area (TPSA) is 46.0 Å². The monoisotopic (exact) mass is 304 g/mol. The zero-order valence-corrected chi connectivity index (χ0v) is 15.4. The summed E-state index contributed by atoms with van der Waals surface area (Å²) in [5.74, 6) is 3.74. The number of hydrogen-bond acceptors (Lipinski definition) is 3. The Morgan fingerprint density at radius 3 is 2.00 bits per heavy atom. The zero-order valence-electron chi connectivity index (χ0n) is 14.4. The lowest BCUT2D eigenvalue weighted by molar-refractivity contribution is 0.271. The first-order valence-electron chi connectivity index (χ1n) is 7.72.